The van der Waals surface area contributed by atoms with E-state index in [1.54, 1.807) is 0 Å². The molecular weight excluding hydrogens is 634 g/mol. The molecule has 0 aliphatic rings. The number of aliphatic hydroxyl groups is 1. The van der Waals surface area contributed by atoms with Gasteiger partial charge in [0.2, 0.25) is 5.78 Å². The zero-order valence-corrected chi connectivity index (χ0v) is 21.6. The zero-order chi connectivity index (χ0) is 27.8. The summed E-state index contributed by atoms with van der Waals surface area (Å²) in [4.78, 5) is 33.5. The normalized spacial score (nSPS) is 12.2. The number of hydrogen-bond donors (Lipinski definition) is 1. The van der Waals surface area contributed by atoms with Crippen molar-refractivity contribution in [2.24, 2.45) is 0 Å². The van der Waals surface area contributed by atoms with Crippen molar-refractivity contribution in [1.82, 2.24) is 0 Å². The summed E-state index contributed by atoms with van der Waals surface area (Å²) in [7, 11) is 0. The van der Waals surface area contributed by atoms with Crippen LogP contribution in [0.15, 0.2) is 45.3 Å². The molecule has 0 amide bonds. The van der Waals surface area contributed by atoms with Crippen LogP contribution in [0, 0.1) is 11.6 Å². The number of benzene rings is 2. The molecule has 6 nitrogen and oxygen atoms in total. The molecule has 0 saturated carbocycles. The number of Topliss-reactive ketones (excluding diaryl/α,β-unsaturated/α-hetero) is 1. The van der Waals surface area contributed by atoms with Gasteiger partial charge in [0, 0.05) is 20.1 Å². The Morgan fingerprint density at radius 2 is 1.33 bits per heavy atom. The second-order valence-electron chi connectivity index (χ2n) is 6.66. The number of esters is 2. The van der Waals surface area contributed by atoms with Gasteiger partial charge in [-0.2, -0.15) is 17.6 Å². The summed E-state index contributed by atoms with van der Waals surface area (Å²) in [5.41, 5.74) is -0.788. The smallest absolute Gasteiger partial charge is 0.404 e. The van der Waals surface area contributed by atoms with E-state index >= 15 is 0 Å². The van der Waals surface area contributed by atoms with Crippen molar-refractivity contribution >= 4 is 49.6 Å². The second-order valence-corrected chi connectivity index (χ2v) is 8.37. The van der Waals surface area contributed by atoms with E-state index in [1.807, 2.05) is 0 Å². The molecule has 1 unspecified atom stereocenters. The van der Waals surface area contributed by atoms with E-state index in [4.69, 9.17) is 0 Å². The molecule has 0 heterocycles. The van der Waals surface area contributed by atoms with Crippen molar-refractivity contribution in [2.75, 3.05) is 13.2 Å². The lowest BCUT2D eigenvalue weighted by Gasteiger charge is -2.21. The molecule has 2 aromatic rings. The third kappa shape index (κ3) is 7.77. The van der Waals surface area contributed by atoms with Gasteiger partial charge in [-0.3, -0.25) is 4.79 Å². The van der Waals surface area contributed by atoms with E-state index in [2.05, 4.69) is 41.3 Å². The van der Waals surface area contributed by atoms with E-state index in [0.29, 0.717) is 0 Å². The van der Waals surface area contributed by atoms with E-state index in [-0.39, 0.29) is 27.7 Å². The van der Waals surface area contributed by atoms with Crippen LogP contribution in [0.25, 0.3) is 0 Å². The van der Waals surface area contributed by atoms with Gasteiger partial charge >= 0.3 is 23.8 Å². The summed E-state index contributed by atoms with van der Waals surface area (Å²) in [6.07, 6.45) is -2.41. The molecule has 0 aliphatic carbocycles. The van der Waals surface area contributed by atoms with Crippen molar-refractivity contribution in [2.45, 2.75) is 31.8 Å². The lowest BCUT2D eigenvalue weighted by atomic mass is 10.0. The van der Waals surface area contributed by atoms with Crippen LogP contribution >= 0.6 is 31.9 Å². The first-order valence-electron chi connectivity index (χ1n) is 9.84. The molecule has 14 heteroatoms. The molecule has 0 spiro atoms. The summed E-state index contributed by atoms with van der Waals surface area (Å²) in [5.74, 6) is -15.2. The quantitative estimate of drug-likeness (QED) is 0.168. The Kier molecular flexibility index (Phi) is 11.6. The highest BCUT2D eigenvalue weighted by molar-refractivity contribution is 9.10. The molecule has 0 fully saturated rings. The van der Waals surface area contributed by atoms with E-state index in [1.165, 1.54) is 13.8 Å². The maximum Gasteiger partial charge on any atom is 0.404 e. The number of rotatable bonds is 8. The van der Waals surface area contributed by atoms with Gasteiger partial charge < -0.3 is 14.6 Å². The maximum absolute atomic E-state index is 13.5. The lowest BCUT2D eigenvalue weighted by Crippen LogP contribution is -2.39. The van der Waals surface area contributed by atoms with Gasteiger partial charge in [-0.05, 0) is 60.1 Å². The summed E-state index contributed by atoms with van der Waals surface area (Å²) in [5, 5.41) is 9.51. The van der Waals surface area contributed by atoms with Gasteiger partial charge in [0.25, 0.3) is 0 Å². The molecule has 198 valence electrons. The number of carbonyl (C=O) groups excluding carboxylic acids is 3. The topological polar surface area (TPSA) is 89.9 Å². The number of alkyl halides is 4. The largest absolute Gasteiger partial charge is 0.461 e. The molecule has 0 aromatic heterocycles. The van der Waals surface area contributed by atoms with E-state index < -0.39 is 52.9 Å². The fourth-order valence-electron chi connectivity index (χ4n) is 2.41. The Balaban J connectivity index is 0.000000360. The minimum Gasteiger partial charge on any atom is -0.461 e. The van der Waals surface area contributed by atoms with E-state index in [0.717, 1.165) is 36.4 Å². The van der Waals surface area contributed by atoms with Gasteiger partial charge in [0.05, 0.1) is 13.2 Å². The van der Waals surface area contributed by atoms with Crippen LogP contribution in [0.4, 0.5) is 26.3 Å². The van der Waals surface area contributed by atoms with Gasteiger partial charge in [0.15, 0.2) is 6.10 Å². The second kappa shape index (κ2) is 13.2. The number of hydrogen-bond acceptors (Lipinski definition) is 6. The first-order chi connectivity index (χ1) is 16.6. The molecule has 36 heavy (non-hydrogen) atoms. The van der Waals surface area contributed by atoms with E-state index in [9.17, 15) is 45.8 Å². The number of aliphatic hydroxyl groups excluding tert-OH is 1. The van der Waals surface area contributed by atoms with Gasteiger partial charge in [0.1, 0.15) is 11.6 Å². The van der Waals surface area contributed by atoms with Crippen LogP contribution in [0.5, 0.6) is 0 Å². The Morgan fingerprint density at radius 1 is 0.861 bits per heavy atom. The van der Waals surface area contributed by atoms with Crippen molar-refractivity contribution in [3.63, 3.8) is 0 Å². The van der Waals surface area contributed by atoms with Crippen LogP contribution in [0.1, 0.15) is 35.9 Å². The minimum atomic E-state index is -4.30. The predicted octanol–water partition coefficient (Wildman–Crippen LogP) is 5.79. The first kappa shape index (κ1) is 31.6. The maximum atomic E-state index is 13.5. The summed E-state index contributed by atoms with van der Waals surface area (Å²) < 4.78 is 87.5. The Morgan fingerprint density at radius 3 is 1.81 bits per heavy atom. The van der Waals surface area contributed by atoms with Crippen LogP contribution in [-0.2, 0) is 19.1 Å². The number of carbonyl (C=O) groups is 3. The summed E-state index contributed by atoms with van der Waals surface area (Å²) in [6.45, 7) is 2.21. The van der Waals surface area contributed by atoms with Crippen molar-refractivity contribution in [1.29, 1.82) is 0 Å². The Bertz CT molecular complexity index is 1110. The molecular formula is C22H18Br2F6O6. The standard InChI is InChI=1S/C11H10BrF3O3.C11H8BrF3O3/c2*1-2-18-10(17)11(14,15)9(16)7-4-3-6(13)5-8(7)12/h3-5,9,16H,2H2,1H3;3-5H,2H2,1H3. The molecule has 0 radical (unpaired) electrons. The van der Waals surface area contributed by atoms with Gasteiger partial charge in [-0.25, -0.2) is 18.4 Å². The average Bonchev–Trinajstić information content (AvgIpc) is 2.79. The summed E-state index contributed by atoms with van der Waals surface area (Å²) >= 11 is 5.62. The minimum absolute atomic E-state index is 0.0565. The van der Waals surface area contributed by atoms with Crippen molar-refractivity contribution in [3.05, 3.63) is 68.1 Å². The predicted molar refractivity (Wildman–Crippen MR) is 121 cm³/mol. The average molecular weight is 652 g/mol. The van der Waals surface area contributed by atoms with Crippen LogP contribution in [-0.4, -0.2) is 47.9 Å². The van der Waals surface area contributed by atoms with Crippen molar-refractivity contribution < 1.29 is 55.3 Å². The molecule has 0 aliphatic heterocycles. The first-order valence-corrected chi connectivity index (χ1v) is 11.4. The lowest BCUT2D eigenvalue weighted by molar-refractivity contribution is -0.189. The summed E-state index contributed by atoms with van der Waals surface area (Å²) in [6, 6.07) is 5.37. The third-order valence-electron chi connectivity index (χ3n) is 4.14. The highest BCUT2D eigenvalue weighted by Crippen LogP contribution is 2.36. The highest BCUT2D eigenvalue weighted by Gasteiger charge is 2.50. The zero-order valence-electron chi connectivity index (χ0n) is 18.5. The molecule has 1 atom stereocenters. The Labute approximate surface area is 217 Å². The highest BCUT2D eigenvalue weighted by atomic mass is 79.9. The fraction of sp³-hybridized carbons (Fsp3) is 0.318. The monoisotopic (exact) mass is 650 g/mol. The van der Waals surface area contributed by atoms with Gasteiger partial charge in [-0.1, -0.05) is 22.0 Å². The fourth-order valence-corrected chi connectivity index (χ4v) is 3.51. The molecule has 2 rings (SSSR count). The SMILES string of the molecule is CCOC(=O)C(F)(F)C(=O)c1ccc(F)cc1Br.CCOC(=O)C(F)(F)C(O)c1ccc(F)cc1Br. The van der Waals surface area contributed by atoms with Crippen molar-refractivity contribution in [3.8, 4) is 0 Å². The third-order valence-corrected chi connectivity index (χ3v) is 5.48. The Hall–Kier alpha value is -2.45. The van der Waals surface area contributed by atoms with Gasteiger partial charge in [-0.15, -0.1) is 0 Å². The van der Waals surface area contributed by atoms with Crippen LogP contribution in [0.3, 0.4) is 0 Å². The molecule has 2 aromatic carbocycles. The van der Waals surface area contributed by atoms with Crippen LogP contribution < -0.4 is 0 Å². The number of ketones is 1. The van der Waals surface area contributed by atoms with Crippen LogP contribution in [0.2, 0.25) is 0 Å². The number of ether oxygens (including phenoxy) is 2. The molecule has 1 N–H and O–H groups in total. The number of halogens is 8. The molecule has 0 saturated heterocycles. The molecule has 0 bridgehead atoms.